The van der Waals surface area contributed by atoms with Gasteiger partial charge in [-0.15, -0.1) is 0 Å². The van der Waals surface area contributed by atoms with E-state index >= 15 is 0 Å². The highest BCUT2D eigenvalue weighted by Gasteiger charge is 2.45. The number of nitrogens with one attached hydrogen (secondary N) is 1. The monoisotopic (exact) mass is 265 g/mol. The summed E-state index contributed by atoms with van der Waals surface area (Å²) in [7, 11) is 4.91. The Morgan fingerprint density at radius 1 is 1.11 bits per heavy atom. The van der Waals surface area contributed by atoms with Crippen molar-refractivity contribution in [2.45, 2.75) is 32.9 Å². The molecule has 0 aromatic heterocycles. The van der Waals surface area contributed by atoms with E-state index in [2.05, 4.69) is 19.2 Å². The summed E-state index contributed by atoms with van der Waals surface area (Å²) in [6.07, 6.45) is 1.22. The standard InChI is InChI=1S/C15H23NO3/c1-15(2)8-12(15)16-9-10-6-7-11(17-3)14(19-5)13(10)18-4/h6-7,12,16H,8-9H2,1-5H3. The zero-order valence-corrected chi connectivity index (χ0v) is 12.4. The molecule has 1 aromatic rings. The first-order valence-electron chi connectivity index (χ1n) is 6.54. The van der Waals surface area contributed by atoms with E-state index in [0.29, 0.717) is 23.0 Å². The molecule has 1 saturated carbocycles. The Morgan fingerprint density at radius 2 is 1.74 bits per heavy atom. The van der Waals surface area contributed by atoms with Crippen molar-refractivity contribution >= 4 is 0 Å². The average Bonchev–Trinajstić information content (AvgIpc) is 3.02. The molecule has 1 fully saturated rings. The van der Waals surface area contributed by atoms with Crippen LogP contribution in [0.2, 0.25) is 0 Å². The Kier molecular flexibility index (Phi) is 3.90. The number of rotatable bonds is 6. The summed E-state index contributed by atoms with van der Waals surface area (Å²) in [6.45, 7) is 5.32. The van der Waals surface area contributed by atoms with Gasteiger partial charge in [0.05, 0.1) is 21.3 Å². The fourth-order valence-corrected chi connectivity index (χ4v) is 2.35. The van der Waals surface area contributed by atoms with Crippen molar-refractivity contribution in [1.82, 2.24) is 5.32 Å². The molecule has 1 aliphatic carbocycles. The first-order chi connectivity index (χ1) is 9.03. The molecule has 0 aliphatic heterocycles. The molecule has 106 valence electrons. The van der Waals surface area contributed by atoms with Crippen molar-refractivity contribution in [2.24, 2.45) is 5.41 Å². The SMILES string of the molecule is COc1ccc(CNC2CC2(C)C)c(OC)c1OC. The molecule has 0 saturated heterocycles. The number of methoxy groups -OCH3 is 3. The lowest BCUT2D eigenvalue weighted by Crippen LogP contribution is -2.20. The van der Waals surface area contributed by atoms with E-state index in [0.717, 1.165) is 17.9 Å². The molecule has 4 nitrogen and oxygen atoms in total. The lowest BCUT2D eigenvalue weighted by molar-refractivity contribution is 0.321. The van der Waals surface area contributed by atoms with Gasteiger partial charge in [0.1, 0.15) is 0 Å². The topological polar surface area (TPSA) is 39.7 Å². The van der Waals surface area contributed by atoms with E-state index in [1.165, 1.54) is 6.42 Å². The summed E-state index contributed by atoms with van der Waals surface area (Å²) in [5, 5.41) is 3.55. The van der Waals surface area contributed by atoms with Gasteiger partial charge in [-0.2, -0.15) is 0 Å². The van der Waals surface area contributed by atoms with Gasteiger partial charge in [0.2, 0.25) is 5.75 Å². The molecule has 0 radical (unpaired) electrons. The first kappa shape index (κ1) is 14.0. The molecular weight excluding hydrogens is 242 g/mol. The molecule has 1 unspecified atom stereocenters. The van der Waals surface area contributed by atoms with Gasteiger partial charge in [-0.3, -0.25) is 0 Å². The van der Waals surface area contributed by atoms with Gasteiger partial charge in [-0.25, -0.2) is 0 Å². The van der Waals surface area contributed by atoms with Crippen LogP contribution in [0.15, 0.2) is 12.1 Å². The Labute approximate surface area is 115 Å². The highest BCUT2D eigenvalue weighted by molar-refractivity contribution is 5.55. The Hall–Kier alpha value is -1.42. The van der Waals surface area contributed by atoms with Crippen molar-refractivity contribution in [1.29, 1.82) is 0 Å². The summed E-state index contributed by atoms with van der Waals surface area (Å²) in [5.41, 5.74) is 1.51. The van der Waals surface area contributed by atoms with E-state index in [1.54, 1.807) is 21.3 Å². The van der Waals surface area contributed by atoms with Gasteiger partial charge >= 0.3 is 0 Å². The maximum atomic E-state index is 5.47. The van der Waals surface area contributed by atoms with Crippen LogP contribution in [0, 0.1) is 5.41 Å². The lowest BCUT2D eigenvalue weighted by Gasteiger charge is -2.16. The summed E-state index contributed by atoms with van der Waals surface area (Å²) in [5.74, 6) is 2.09. The maximum Gasteiger partial charge on any atom is 0.203 e. The minimum atomic E-state index is 0.420. The van der Waals surface area contributed by atoms with E-state index in [-0.39, 0.29) is 0 Å². The zero-order valence-electron chi connectivity index (χ0n) is 12.4. The number of benzene rings is 1. The van der Waals surface area contributed by atoms with Crippen LogP contribution in [0.5, 0.6) is 17.2 Å². The fourth-order valence-electron chi connectivity index (χ4n) is 2.35. The Bertz CT molecular complexity index is 457. The maximum absolute atomic E-state index is 5.47. The largest absolute Gasteiger partial charge is 0.493 e. The molecule has 1 atom stereocenters. The molecule has 1 aliphatic rings. The predicted octanol–water partition coefficient (Wildman–Crippen LogP) is 2.60. The Balaban J connectivity index is 2.16. The van der Waals surface area contributed by atoms with Crippen LogP contribution in [0.1, 0.15) is 25.8 Å². The van der Waals surface area contributed by atoms with Crippen LogP contribution in [-0.4, -0.2) is 27.4 Å². The average molecular weight is 265 g/mol. The third-order valence-electron chi connectivity index (χ3n) is 3.84. The van der Waals surface area contributed by atoms with Crippen molar-refractivity contribution in [2.75, 3.05) is 21.3 Å². The van der Waals surface area contributed by atoms with Crippen LogP contribution in [0.25, 0.3) is 0 Å². The summed E-state index contributed by atoms with van der Waals surface area (Å²) >= 11 is 0. The molecule has 0 heterocycles. The third-order valence-corrected chi connectivity index (χ3v) is 3.84. The van der Waals surface area contributed by atoms with Crippen LogP contribution in [0.4, 0.5) is 0 Å². The predicted molar refractivity (Wildman–Crippen MR) is 75.1 cm³/mol. The summed E-state index contributed by atoms with van der Waals surface area (Å²) in [6, 6.07) is 4.52. The molecule has 1 aromatic carbocycles. The van der Waals surface area contributed by atoms with Crippen molar-refractivity contribution < 1.29 is 14.2 Å². The van der Waals surface area contributed by atoms with Crippen LogP contribution in [-0.2, 0) is 6.54 Å². The van der Waals surface area contributed by atoms with Gasteiger partial charge in [0.25, 0.3) is 0 Å². The lowest BCUT2D eigenvalue weighted by atomic mass is 10.1. The van der Waals surface area contributed by atoms with Crippen molar-refractivity contribution in [3.05, 3.63) is 17.7 Å². The molecule has 0 amide bonds. The molecule has 19 heavy (non-hydrogen) atoms. The van der Waals surface area contributed by atoms with Crippen LogP contribution < -0.4 is 19.5 Å². The highest BCUT2D eigenvalue weighted by Crippen LogP contribution is 2.45. The minimum Gasteiger partial charge on any atom is -0.493 e. The number of ether oxygens (including phenoxy) is 3. The van der Waals surface area contributed by atoms with Gasteiger partial charge in [0, 0.05) is 18.2 Å². The summed E-state index contributed by atoms with van der Waals surface area (Å²) in [4.78, 5) is 0. The van der Waals surface area contributed by atoms with Gasteiger partial charge < -0.3 is 19.5 Å². The highest BCUT2D eigenvalue weighted by atomic mass is 16.5. The number of hydrogen-bond acceptors (Lipinski definition) is 4. The number of hydrogen-bond donors (Lipinski definition) is 1. The van der Waals surface area contributed by atoms with E-state index in [4.69, 9.17) is 14.2 Å². The molecule has 1 N–H and O–H groups in total. The van der Waals surface area contributed by atoms with Gasteiger partial charge in [0.15, 0.2) is 11.5 Å². The van der Waals surface area contributed by atoms with E-state index in [1.807, 2.05) is 12.1 Å². The molecule has 2 rings (SSSR count). The van der Waals surface area contributed by atoms with E-state index < -0.39 is 0 Å². The molecule has 4 heteroatoms. The van der Waals surface area contributed by atoms with Gasteiger partial charge in [-0.1, -0.05) is 19.9 Å². The second-order valence-corrected chi connectivity index (χ2v) is 5.62. The Morgan fingerprint density at radius 3 is 2.21 bits per heavy atom. The van der Waals surface area contributed by atoms with Crippen molar-refractivity contribution in [3.8, 4) is 17.2 Å². The van der Waals surface area contributed by atoms with Crippen LogP contribution in [0.3, 0.4) is 0 Å². The van der Waals surface area contributed by atoms with Crippen LogP contribution >= 0.6 is 0 Å². The first-order valence-corrected chi connectivity index (χ1v) is 6.54. The normalized spacial score (nSPS) is 19.9. The smallest absolute Gasteiger partial charge is 0.203 e. The van der Waals surface area contributed by atoms with Crippen molar-refractivity contribution in [3.63, 3.8) is 0 Å². The molecule has 0 spiro atoms. The molecular formula is C15H23NO3. The second kappa shape index (κ2) is 5.29. The fraction of sp³-hybridized carbons (Fsp3) is 0.600. The summed E-state index contributed by atoms with van der Waals surface area (Å²) < 4.78 is 16.1. The zero-order chi connectivity index (χ0) is 14.0. The second-order valence-electron chi connectivity index (χ2n) is 5.62. The third kappa shape index (κ3) is 2.78. The van der Waals surface area contributed by atoms with Gasteiger partial charge in [-0.05, 0) is 17.9 Å². The molecule has 0 bridgehead atoms. The quantitative estimate of drug-likeness (QED) is 0.858. The van der Waals surface area contributed by atoms with E-state index in [9.17, 15) is 0 Å². The minimum absolute atomic E-state index is 0.420.